The van der Waals surface area contributed by atoms with Crippen LogP contribution in [0.25, 0.3) is 0 Å². The van der Waals surface area contributed by atoms with Crippen LogP contribution in [0.5, 0.6) is 0 Å². The van der Waals surface area contributed by atoms with Crippen LogP contribution < -0.4 is 0 Å². The van der Waals surface area contributed by atoms with Crippen molar-refractivity contribution < 1.29 is 0 Å². The van der Waals surface area contributed by atoms with Crippen molar-refractivity contribution in [2.75, 3.05) is 0 Å². The van der Waals surface area contributed by atoms with Crippen LogP contribution in [0, 0.1) is 59.2 Å². The first-order valence-corrected chi connectivity index (χ1v) is 15.0. The molecule has 0 heterocycles. The average molecular weight is 431 g/mol. The van der Waals surface area contributed by atoms with Crippen molar-refractivity contribution in [3.8, 4) is 0 Å². The predicted molar refractivity (Wildman–Crippen MR) is 138 cm³/mol. The van der Waals surface area contributed by atoms with Gasteiger partial charge in [0.05, 0.1) is 0 Å². The third-order valence-corrected chi connectivity index (χ3v) is 11.1. The molecule has 4 fully saturated rings. The van der Waals surface area contributed by atoms with Gasteiger partial charge in [-0.05, 0) is 84.9 Å². The van der Waals surface area contributed by atoms with Crippen LogP contribution in [-0.2, 0) is 0 Å². The van der Waals surface area contributed by atoms with E-state index in [0.29, 0.717) is 0 Å². The Morgan fingerprint density at radius 3 is 1.90 bits per heavy atom. The maximum Gasteiger partial charge on any atom is -0.0321 e. The minimum atomic E-state index is 0.996. The second kappa shape index (κ2) is 12.5. The van der Waals surface area contributed by atoms with Gasteiger partial charge < -0.3 is 0 Å². The van der Waals surface area contributed by atoms with E-state index in [2.05, 4.69) is 41.5 Å². The monoisotopic (exact) mass is 430 g/mol. The summed E-state index contributed by atoms with van der Waals surface area (Å²) >= 11 is 0. The zero-order chi connectivity index (χ0) is 22.4. The van der Waals surface area contributed by atoms with Crippen LogP contribution in [0.2, 0.25) is 0 Å². The molecule has 0 radical (unpaired) electrons. The van der Waals surface area contributed by atoms with Crippen LogP contribution in [0.1, 0.15) is 138 Å². The zero-order valence-corrected chi connectivity index (χ0v) is 22.4. The highest BCUT2D eigenvalue weighted by atomic mass is 14.5. The van der Waals surface area contributed by atoms with Crippen LogP contribution in [-0.4, -0.2) is 0 Å². The largest absolute Gasteiger partial charge is 0.0651 e. The van der Waals surface area contributed by atoms with E-state index in [1.165, 1.54) is 64.2 Å². The van der Waals surface area contributed by atoms with E-state index in [-0.39, 0.29) is 0 Å². The molecule has 0 spiro atoms. The first kappa shape index (κ1) is 25.6. The van der Waals surface area contributed by atoms with Gasteiger partial charge in [-0.3, -0.25) is 0 Å². The highest BCUT2D eigenvalue weighted by Crippen LogP contribution is 2.57. The molecule has 4 rings (SSSR count). The highest BCUT2D eigenvalue weighted by molar-refractivity contribution is 4.98. The number of rotatable bonds is 5. The van der Waals surface area contributed by atoms with Gasteiger partial charge in [-0.15, -0.1) is 0 Å². The van der Waals surface area contributed by atoms with Crippen molar-refractivity contribution in [1.29, 1.82) is 0 Å². The van der Waals surface area contributed by atoms with Gasteiger partial charge in [0.2, 0.25) is 0 Å². The summed E-state index contributed by atoms with van der Waals surface area (Å²) in [5.74, 6) is 10.6. The molecule has 31 heavy (non-hydrogen) atoms. The normalized spacial score (nSPS) is 45.5. The first-order valence-electron chi connectivity index (χ1n) is 15.0. The predicted octanol–water partition coefficient (Wildman–Crippen LogP) is 10.2. The third-order valence-electron chi connectivity index (χ3n) is 11.1. The van der Waals surface area contributed by atoms with Crippen molar-refractivity contribution in [3.05, 3.63) is 0 Å². The lowest BCUT2D eigenvalue weighted by Crippen LogP contribution is -2.44. The molecular weight excluding hydrogens is 372 g/mol. The lowest BCUT2D eigenvalue weighted by Gasteiger charge is -2.51. The van der Waals surface area contributed by atoms with Gasteiger partial charge in [-0.1, -0.05) is 112 Å². The molecule has 0 aromatic heterocycles. The molecule has 10 unspecified atom stereocenters. The Bertz CT molecular complexity index is 492. The molecule has 0 aliphatic heterocycles. The molecule has 0 saturated heterocycles. The number of fused-ring (bicyclic) bond motifs is 1. The minimum absolute atomic E-state index is 0.996. The Hall–Kier alpha value is 0. The Morgan fingerprint density at radius 2 is 1.29 bits per heavy atom. The smallest absolute Gasteiger partial charge is 0.0321 e. The van der Waals surface area contributed by atoms with Gasteiger partial charge in [-0.25, -0.2) is 0 Å². The topological polar surface area (TPSA) is 0 Å². The fourth-order valence-corrected chi connectivity index (χ4v) is 9.25. The minimum Gasteiger partial charge on any atom is -0.0651 e. The average Bonchev–Trinajstić information content (AvgIpc) is 3.26. The summed E-state index contributed by atoms with van der Waals surface area (Å²) in [5.41, 5.74) is 0. The zero-order valence-electron chi connectivity index (χ0n) is 22.4. The van der Waals surface area contributed by atoms with Crippen molar-refractivity contribution in [1.82, 2.24) is 0 Å². The Balaban J connectivity index is 0.000000254. The summed E-state index contributed by atoms with van der Waals surface area (Å²) in [6.07, 6.45) is 22.5. The molecule has 0 aromatic rings. The quantitative estimate of drug-likeness (QED) is 0.407. The van der Waals surface area contributed by atoms with Crippen molar-refractivity contribution >= 4 is 0 Å². The molecule has 4 saturated carbocycles. The maximum atomic E-state index is 2.59. The van der Waals surface area contributed by atoms with E-state index < -0.39 is 0 Å². The van der Waals surface area contributed by atoms with E-state index in [0.717, 1.165) is 59.2 Å². The lowest BCUT2D eigenvalue weighted by molar-refractivity contribution is -0.0250. The van der Waals surface area contributed by atoms with Crippen molar-refractivity contribution in [2.45, 2.75) is 138 Å². The highest BCUT2D eigenvalue weighted by Gasteiger charge is 2.49. The van der Waals surface area contributed by atoms with E-state index in [1.54, 1.807) is 32.1 Å². The SMILES string of the molecule is CCC1CCC(C2C(CC)C(C)CC3CCCC32)C(CC)C1.CCC1CCCCC1C. The van der Waals surface area contributed by atoms with Crippen LogP contribution in [0.3, 0.4) is 0 Å². The summed E-state index contributed by atoms with van der Waals surface area (Å²) in [4.78, 5) is 0. The van der Waals surface area contributed by atoms with E-state index in [9.17, 15) is 0 Å². The van der Waals surface area contributed by atoms with Gasteiger partial charge >= 0.3 is 0 Å². The molecule has 0 bridgehead atoms. The van der Waals surface area contributed by atoms with Crippen molar-refractivity contribution in [3.63, 3.8) is 0 Å². The van der Waals surface area contributed by atoms with Crippen LogP contribution >= 0.6 is 0 Å². The summed E-state index contributed by atoms with van der Waals surface area (Å²) < 4.78 is 0. The Morgan fingerprint density at radius 1 is 0.548 bits per heavy atom. The lowest BCUT2D eigenvalue weighted by atomic mass is 9.54. The second-order valence-corrected chi connectivity index (χ2v) is 12.6. The fourth-order valence-electron chi connectivity index (χ4n) is 9.25. The summed E-state index contributed by atoms with van der Waals surface area (Å²) in [7, 11) is 0. The molecule has 182 valence electrons. The van der Waals surface area contributed by atoms with E-state index in [4.69, 9.17) is 0 Å². The summed E-state index contributed by atoms with van der Waals surface area (Å²) in [5, 5.41) is 0. The molecule has 0 amide bonds. The fraction of sp³-hybridized carbons (Fsp3) is 1.00. The van der Waals surface area contributed by atoms with Crippen molar-refractivity contribution in [2.24, 2.45) is 59.2 Å². The van der Waals surface area contributed by atoms with Gasteiger partial charge in [-0.2, -0.15) is 0 Å². The second-order valence-electron chi connectivity index (χ2n) is 12.6. The Kier molecular flexibility index (Phi) is 10.3. The first-order chi connectivity index (χ1) is 15.0. The summed E-state index contributed by atoms with van der Waals surface area (Å²) in [6, 6.07) is 0. The molecule has 0 N–H and O–H groups in total. The van der Waals surface area contributed by atoms with E-state index >= 15 is 0 Å². The van der Waals surface area contributed by atoms with Crippen LogP contribution in [0.15, 0.2) is 0 Å². The molecule has 10 atom stereocenters. The molecule has 4 aliphatic carbocycles. The molecule has 4 aliphatic rings. The molecular formula is C31H58. The standard InChI is InChI=1S/C22H40.C9H18/c1-5-16-11-12-21(17(6-2)14-16)22-19(7-3)15(4)13-18-9-8-10-20(18)22;1-3-9-7-5-4-6-8(9)2/h15-22H,5-14H2,1-4H3;8-9H,3-7H2,1-2H3. The number of hydrogen-bond acceptors (Lipinski definition) is 0. The van der Waals surface area contributed by atoms with Gasteiger partial charge in [0.25, 0.3) is 0 Å². The maximum absolute atomic E-state index is 2.59. The number of hydrogen-bond donors (Lipinski definition) is 0. The third kappa shape index (κ3) is 6.12. The van der Waals surface area contributed by atoms with Gasteiger partial charge in [0, 0.05) is 0 Å². The molecule has 0 aromatic carbocycles. The van der Waals surface area contributed by atoms with Crippen LogP contribution in [0.4, 0.5) is 0 Å². The van der Waals surface area contributed by atoms with Gasteiger partial charge in [0.15, 0.2) is 0 Å². The summed E-state index contributed by atoms with van der Waals surface area (Å²) in [6.45, 7) is 14.7. The van der Waals surface area contributed by atoms with Gasteiger partial charge in [0.1, 0.15) is 0 Å². The molecule has 0 heteroatoms. The molecule has 0 nitrogen and oxygen atoms in total. The van der Waals surface area contributed by atoms with E-state index in [1.807, 2.05) is 0 Å². The Labute approximate surface area is 197 Å².